The van der Waals surface area contributed by atoms with Crippen molar-refractivity contribution < 1.29 is 13.2 Å². The highest BCUT2D eigenvalue weighted by molar-refractivity contribution is 7.89. The molecule has 0 aliphatic carbocycles. The number of amides is 1. The molecule has 1 amide bonds. The molecule has 0 unspecified atom stereocenters. The molecule has 144 valence electrons. The molecule has 0 saturated heterocycles. The molecule has 2 aromatic carbocycles. The summed E-state index contributed by atoms with van der Waals surface area (Å²) in [5, 5.41) is 0. The maximum atomic E-state index is 13.3. The van der Waals surface area contributed by atoms with Gasteiger partial charge in [-0.2, -0.15) is 0 Å². The molecule has 0 aromatic heterocycles. The molecule has 6 heteroatoms. The minimum absolute atomic E-state index is 0.0767. The third-order valence-corrected chi connectivity index (χ3v) is 6.93. The fourth-order valence-electron chi connectivity index (χ4n) is 3.60. The summed E-state index contributed by atoms with van der Waals surface area (Å²) in [5.41, 5.74) is 2.77. The van der Waals surface area contributed by atoms with Crippen molar-refractivity contribution in [2.75, 3.05) is 25.5 Å². The van der Waals surface area contributed by atoms with Crippen LogP contribution in [-0.2, 0) is 21.2 Å². The molecule has 3 rings (SSSR count). The van der Waals surface area contributed by atoms with Gasteiger partial charge in [0.05, 0.1) is 10.8 Å². The summed E-state index contributed by atoms with van der Waals surface area (Å²) in [4.78, 5) is 15.4. The average molecular weight is 387 g/mol. The summed E-state index contributed by atoms with van der Waals surface area (Å²) in [7, 11) is -0.434. The number of benzene rings is 2. The zero-order chi connectivity index (χ0) is 19.6. The number of hydrogen-bond donors (Lipinski definition) is 0. The Hall–Kier alpha value is -2.18. The van der Waals surface area contributed by atoms with Crippen molar-refractivity contribution in [2.45, 2.75) is 37.0 Å². The van der Waals surface area contributed by atoms with E-state index in [-0.39, 0.29) is 16.7 Å². The van der Waals surface area contributed by atoms with Crippen molar-refractivity contribution in [1.82, 2.24) is 4.31 Å². The number of fused-ring (bicyclic) bond motifs is 1. The molecule has 5 nitrogen and oxygen atoms in total. The number of nitrogens with zero attached hydrogens (tertiary/aromatic N) is 2. The van der Waals surface area contributed by atoms with Crippen molar-refractivity contribution in [2.24, 2.45) is 0 Å². The van der Waals surface area contributed by atoms with E-state index >= 15 is 0 Å². The van der Waals surface area contributed by atoms with E-state index in [0.717, 1.165) is 36.1 Å². The zero-order valence-electron chi connectivity index (χ0n) is 16.1. The van der Waals surface area contributed by atoms with Crippen molar-refractivity contribution >= 4 is 21.6 Å². The lowest BCUT2D eigenvalue weighted by Gasteiger charge is -2.32. The van der Waals surface area contributed by atoms with Crippen LogP contribution in [0.4, 0.5) is 5.69 Å². The molecular weight excluding hydrogens is 360 g/mol. The van der Waals surface area contributed by atoms with E-state index in [4.69, 9.17) is 0 Å². The smallest absolute Gasteiger partial charge is 0.242 e. The molecule has 0 N–H and O–H groups in total. The van der Waals surface area contributed by atoms with Crippen LogP contribution in [0, 0.1) is 0 Å². The summed E-state index contributed by atoms with van der Waals surface area (Å²) in [6, 6.07) is 14.9. The number of carbonyl (C=O) groups is 1. The molecule has 0 bridgehead atoms. The highest BCUT2D eigenvalue weighted by Gasteiger charge is 2.30. The Labute approximate surface area is 161 Å². The van der Waals surface area contributed by atoms with E-state index in [2.05, 4.69) is 0 Å². The van der Waals surface area contributed by atoms with Crippen LogP contribution in [-0.4, -0.2) is 39.3 Å². The molecule has 0 saturated carbocycles. The van der Waals surface area contributed by atoms with E-state index in [1.54, 1.807) is 18.2 Å². The van der Waals surface area contributed by atoms with Gasteiger partial charge in [-0.3, -0.25) is 4.79 Å². The van der Waals surface area contributed by atoms with E-state index in [1.165, 1.54) is 18.4 Å². The summed E-state index contributed by atoms with van der Waals surface area (Å²) >= 11 is 0. The molecule has 0 spiro atoms. The monoisotopic (exact) mass is 386 g/mol. The summed E-state index contributed by atoms with van der Waals surface area (Å²) in [6.45, 7) is 2.68. The summed E-state index contributed by atoms with van der Waals surface area (Å²) in [5.74, 6) is -0.116. The Kier molecular flexibility index (Phi) is 5.67. The first kappa shape index (κ1) is 19.6. The van der Waals surface area contributed by atoms with E-state index in [9.17, 15) is 13.2 Å². The van der Waals surface area contributed by atoms with Crippen molar-refractivity contribution in [3.63, 3.8) is 0 Å². The van der Waals surface area contributed by atoms with Crippen LogP contribution in [0.5, 0.6) is 0 Å². The molecule has 1 atom stereocenters. The lowest BCUT2D eigenvalue weighted by Crippen LogP contribution is -2.39. The average Bonchev–Trinajstić information content (AvgIpc) is 2.68. The van der Waals surface area contributed by atoms with Crippen molar-refractivity contribution in [3.05, 3.63) is 59.7 Å². The number of rotatable bonds is 5. The summed E-state index contributed by atoms with van der Waals surface area (Å²) < 4.78 is 26.0. The Morgan fingerprint density at radius 1 is 1.15 bits per heavy atom. The Bertz CT molecular complexity index is 924. The van der Waals surface area contributed by atoms with Gasteiger partial charge >= 0.3 is 0 Å². The fraction of sp³-hybridized carbons (Fsp3) is 0.381. The number of hydrogen-bond acceptors (Lipinski definition) is 3. The van der Waals surface area contributed by atoms with Gasteiger partial charge in [0.2, 0.25) is 15.9 Å². The predicted octanol–water partition coefficient (Wildman–Crippen LogP) is 3.41. The van der Waals surface area contributed by atoms with Crippen LogP contribution in [0.2, 0.25) is 0 Å². The van der Waals surface area contributed by atoms with Gasteiger partial charge in [-0.25, -0.2) is 12.7 Å². The van der Waals surface area contributed by atoms with Crippen LogP contribution in [0.3, 0.4) is 0 Å². The zero-order valence-corrected chi connectivity index (χ0v) is 16.9. The molecule has 0 radical (unpaired) electrons. The highest BCUT2D eigenvalue weighted by Crippen LogP contribution is 2.33. The molecule has 2 aromatic rings. The molecular formula is C21H26N2O3S. The Morgan fingerprint density at radius 2 is 1.85 bits per heavy atom. The molecule has 1 heterocycles. The fourth-order valence-corrected chi connectivity index (χ4v) is 4.55. The standard InChI is InChI=1S/C21H26N2O3S/c1-4-19(16-9-6-5-7-10-16)21(24)23-14-8-11-17-15-18(12-13-20(17)23)27(25,26)22(2)3/h5-7,9-10,12-13,15,19H,4,8,11,14H2,1-3H3/t19-/m1/s1. The van der Waals surface area contributed by atoms with Gasteiger partial charge in [-0.05, 0) is 48.6 Å². The second kappa shape index (κ2) is 7.82. The third-order valence-electron chi connectivity index (χ3n) is 5.12. The third kappa shape index (κ3) is 3.77. The Balaban J connectivity index is 1.96. The first-order valence-electron chi connectivity index (χ1n) is 9.28. The van der Waals surface area contributed by atoms with Gasteiger partial charge in [0.15, 0.2) is 0 Å². The normalized spacial score (nSPS) is 15.5. The number of sulfonamides is 1. The van der Waals surface area contributed by atoms with Gasteiger partial charge in [0.25, 0.3) is 0 Å². The quantitative estimate of drug-likeness (QED) is 0.791. The molecule has 27 heavy (non-hydrogen) atoms. The lowest BCUT2D eigenvalue weighted by atomic mass is 9.93. The number of anilines is 1. The van der Waals surface area contributed by atoms with Gasteiger partial charge in [-0.15, -0.1) is 0 Å². The SMILES string of the molecule is CC[C@@H](C(=O)N1CCCc2cc(S(=O)(=O)N(C)C)ccc21)c1ccccc1. The lowest BCUT2D eigenvalue weighted by molar-refractivity contribution is -0.120. The second-order valence-electron chi connectivity index (χ2n) is 7.04. The number of carbonyl (C=O) groups excluding carboxylic acids is 1. The van der Waals surface area contributed by atoms with Crippen LogP contribution in [0.15, 0.2) is 53.4 Å². The van der Waals surface area contributed by atoms with Crippen molar-refractivity contribution in [1.29, 1.82) is 0 Å². The largest absolute Gasteiger partial charge is 0.312 e. The maximum Gasteiger partial charge on any atom is 0.242 e. The first-order valence-corrected chi connectivity index (χ1v) is 10.7. The van der Waals surface area contributed by atoms with E-state index in [1.807, 2.05) is 42.2 Å². The first-order chi connectivity index (χ1) is 12.9. The minimum atomic E-state index is -3.48. The topological polar surface area (TPSA) is 57.7 Å². The van der Waals surface area contributed by atoms with Gasteiger partial charge in [0, 0.05) is 26.3 Å². The summed E-state index contributed by atoms with van der Waals surface area (Å²) in [6.07, 6.45) is 2.33. The second-order valence-corrected chi connectivity index (χ2v) is 9.19. The predicted molar refractivity (Wildman–Crippen MR) is 107 cm³/mol. The number of aryl methyl sites for hydroxylation is 1. The maximum absolute atomic E-state index is 13.3. The van der Waals surface area contributed by atoms with Crippen LogP contribution < -0.4 is 4.90 Å². The Morgan fingerprint density at radius 3 is 2.48 bits per heavy atom. The van der Waals surface area contributed by atoms with Gasteiger partial charge < -0.3 is 4.90 Å². The van der Waals surface area contributed by atoms with Gasteiger partial charge in [0.1, 0.15) is 0 Å². The van der Waals surface area contributed by atoms with Crippen LogP contribution >= 0.6 is 0 Å². The van der Waals surface area contributed by atoms with E-state index in [0.29, 0.717) is 6.54 Å². The van der Waals surface area contributed by atoms with E-state index < -0.39 is 10.0 Å². The van der Waals surface area contributed by atoms with Crippen LogP contribution in [0.25, 0.3) is 0 Å². The van der Waals surface area contributed by atoms with Gasteiger partial charge in [-0.1, -0.05) is 37.3 Å². The van der Waals surface area contributed by atoms with Crippen LogP contribution in [0.1, 0.15) is 36.8 Å². The molecule has 1 aliphatic rings. The molecule has 0 fully saturated rings. The minimum Gasteiger partial charge on any atom is -0.312 e. The van der Waals surface area contributed by atoms with Crippen molar-refractivity contribution in [3.8, 4) is 0 Å². The highest BCUT2D eigenvalue weighted by atomic mass is 32.2. The molecule has 1 aliphatic heterocycles.